The van der Waals surface area contributed by atoms with Gasteiger partial charge in [0, 0.05) is 39.8 Å². The highest BCUT2D eigenvalue weighted by atomic mass is 35.5. The van der Waals surface area contributed by atoms with Crippen molar-refractivity contribution < 1.29 is 19.4 Å². The molecule has 8 heteroatoms. The summed E-state index contributed by atoms with van der Waals surface area (Å²) >= 11 is 6.06. The van der Waals surface area contributed by atoms with E-state index in [9.17, 15) is 9.59 Å². The number of halogens is 1. The zero-order chi connectivity index (χ0) is 23.5. The number of benzene rings is 2. The summed E-state index contributed by atoms with van der Waals surface area (Å²) in [5.74, 6) is -0.956. The molecule has 2 aromatic carbocycles. The van der Waals surface area contributed by atoms with Gasteiger partial charge in [0.25, 0.3) is 0 Å². The second-order valence-electron chi connectivity index (χ2n) is 7.06. The monoisotopic (exact) mass is 457 g/mol. The van der Waals surface area contributed by atoms with Crippen molar-refractivity contribution in [3.05, 3.63) is 76.0 Å². The van der Waals surface area contributed by atoms with Crippen LogP contribution in [0.5, 0.6) is 0 Å². The maximum absolute atomic E-state index is 12.0. The number of hydrogen-bond donors (Lipinski definition) is 4. The second kappa shape index (κ2) is 12.5. The Morgan fingerprint density at radius 3 is 2.34 bits per heavy atom. The number of amides is 1. The first kappa shape index (κ1) is 24.9. The third-order valence-electron chi connectivity index (χ3n) is 4.79. The highest BCUT2D eigenvalue weighted by Gasteiger charge is 2.14. The van der Waals surface area contributed by atoms with Crippen molar-refractivity contribution in [1.29, 1.82) is 5.41 Å². The highest BCUT2D eigenvalue weighted by Crippen LogP contribution is 2.17. The van der Waals surface area contributed by atoms with Crippen molar-refractivity contribution in [2.75, 3.05) is 5.32 Å². The van der Waals surface area contributed by atoms with E-state index in [0.717, 1.165) is 16.8 Å². The molecule has 0 aliphatic rings. The number of rotatable bonds is 11. The third-order valence-corrected chi connectivity index (χ3v) is 5.16. The van der Waals surface area contributed by atoms with E-state index in [-0.39, 0.29) is 13.0 Å². The zero-order valence-electron chi connectivity index (χ0n) is 18.2. The van der Waals surface area contributed by atoms with Crippen LogP contribution < -0.4 is 10.6 Å². The molecule has 0 heterocycles. The topological polar surface area (TPSA) is 112 Å². The summed E-state index contributed by atoms with van der Waals surface area (Å²) in [5.41, 5.74) is 3.87. The predicted molar refractivity (Wildman–Crippen MR) is 126 cm³/mol. The fraction of sp³-hybridized carbons (Fsp3) is 0.292. The molecule has 32 heavy (non-hydrogen) atoms. The lowest BCUT2D eigenvalue weighted by Gasteiger charge is -2.16. The molecule has 0 saturated heterocycles. The molecular formula is C24H28ClN3O4. The second-order valence-corrected chi connectivity index (χ2v) is 7.46. The number of anilines is 1. The minimum Gasteiger partial charge on any atom is -0.481 e. The predicted octanol–water partition coefficient (Wildman–Crippen LogP) is 5.75. The van der Waals surface area contributed by atoms with E-state index in [0.29, 0.717) is 41.4 Å². The summed E-state index contributed by atoms with van der Waals surface area (Å²) in [4.78, 5) is 23.2. The van der Waals surface area contributed by atoms with Gasteiger partial charge in [-0.2, -0.15) is 0 Å². The Hall–Kier alpha value is -3.32. The average molecular weight is 458 g/mol. The van der Waals surface area contributed by atoms with Gasteiger partial charge < -0.3 is 20.6 Å². The first-order valence-electron chi connectivity index (χ1n) is 10.4. The molecule has 4 N–H and O–H groups in total. The summed E-state index contributed by atoms with van der Waals surface area (Å²) in [6.45, 7) is 4.31. The van der Waals surface area contributed by atoms with Crippen LogP contribution in [-0.2, 0) is 22.7 Å². The Labute approximate surface area is 192 Å². The van der Waals surface area contributed by atoms with Crippen LogP contribution in [0.25, 0.3) is 0 Å². The van der Waals surface area contributed by atoms with Gasteiger partial charge >= 0.3 is 12.1 Å². The molecule has 0 atom stereocenters. The minimum absolute atomic E-state index is 0.0745. The van der Waals surface area contributed by atoms with E-state index >= 15 is 0 Å². The van der Waals surface area contributed by atoms with Gasteiger partial charge in [-0.05, 0) is 36.6 Å². The van der Waals surface area contributed by atoms with Crippen molar-refractivity contribution in [2.24, 2.45) is 0 Å². The van der Waals surface area contributed by atoms with E-state index in [1.165, 1.54) is 0 Å². The molecule has 0 radical (unpaired) electrons. The van der Waals surface area contributed by atoms with Crippen molar-refractivity contribution >= 4 is 35.1 Å². The van der Waals surface area contributed by atoms with Crippen LogP contribution in [0.1, 0.15) is 44.2 Å². The number of carboxylic acids is 1. The van der Waals surface area contributed by atoms with Crippen LogP contribution >= 0.6 is 11.6 Å². The first-order valence-corrected chi connectivity index (χ1v) is 10.7. The van der Waals surface area contributed by atoms with Crippen molar-refractivity contribution in [2.45, 2.75) is 46.3 Å². The summed E-state index contributed by atoms with van der Waals surface area (Å²) in [6, 6.07) is 14.4. The molecule has 2 aromatic rings. The molecule has 1 amide bonds. The molecule has 0 aliphatic carbocycles. The molecule has 0 aliphatic heterocycles. The lowest BCUT2D eigenvalue weighted by Crippen LogP contribution is -2.19. The number of ether oxygens (including phenoxy) is 1. The maximum Gasteiger partial charge on any atom is 0.411 e. The Morgan fingerprint density at radius 1 is 1.06 bits per heavy atom. The van der Waals surface area contributed by atoms with Crippen LogP contribution in [0.15, 0.2) is 59.8 Å². The molecule has 0 saturated carbocycles. The van der Waals surface area contributed by atoms with Gasteiger partial charge in [-0.15, -0.1) is 0 Å². The number of carbonyl (C=O) groups excluding carboxylic acids is 1. The molecule has 0 unspecified atom stereocenters. The largest absolute Gasteiger partial charge is 0.481 e. The zero-order valence-corrected chi connectivity index (χ0v) is 19.0. The van der Waals surface area contributed by atoms with Gasteiger partial charge in [0.15, 0.2) is 0 Å². The van der Waals surface area contributed by atoms with Crippen LogP contribution in [0.2, 0.25) is 5.02 Å². The van der Waals surface area contributed by atoms with Crippen LogP contribution in [0.3, 0.4) is 0 Å². The van der Waals surface area contributed by atoms with Crippen LogP contribution in [0, 0.1) is 5.41 Å². The normalized spacial score (nSPS) is 11.3. The smallest absolute Gasteiger partial charge is 0.411 e. The highest BCUT2D eigenvalue weighted by molar-refractivity contribution is 6.31. The SMILES string of the molecule is CCC(=N)/C(CC(=O)O)=C(/CC)NCc1ccc(NC(=O)OCc2ccccc2Cl)cc1. The lowest BCUT2D eigenvalue weighted by atomic mass is 10.0. The number of aliphatic carboxylic acids is 1. The van der Waals surface area contributed by atoms with Crippen LogP contribution in [-0.4, -0.2) is 22.9 Å². The van der Waals surface area contributed by atoms with Crippen LogP contribution in [0.4, 0.5) is 10.5 Å². The molecule has 0 aromatic heterocycles. The van der Waals surface area contributed by atoms with Crippen molar-refractivity contribution in [1.82, 2.24) is 5.32 Å². The third kappa shape index (κ3) is 7.74. The average Bonchev–Trinajstić information content (AvgIpc) is 2.78. The molecule has 2 rings (SSSR count). The van der Waals surface area contributed by atoms with E-state index in [1.807, 2.05) is 38.1 Å². The summed E-state index contributed by atoms with van der Waals surface area (Å²) < 4.78 is 5.21. The Balaban J connectivity index is 1.94. The number of carbonyl (C=O) groups is 2. The van der Waals surface area contributed by atoms with Gasteiger partial charge in [0.2, 0.25) is 0 Å². The maximum atomic E-state index is 12.0. The molecule has 0 fully saturated rings. The number of hydrogen-bond acceptors (Lipinski definition) is 5. The summed E-state index contributed by atoms with van der Waals surface area (Å²) in [5, 5.41) is 23.7. The van der Waals surface area contributed by atoms with E-state index in [1.54, 1.807) is 24.3 Å². The van der Waals surface area contributed by atoms with Gasteiger partial charge in [-0.1, -0.05) is 55.8 Å². The number of allylic oxidation sites excluding steroid dienone is 1. The summed E-state index contributed by atoms with van der Waals surface area (Å²) in [6.07, 6.45) is 0.313. The van der Waals surface area contributed by atoms with Gasteiger partial charge in [0.05, 0.1) is 6.42 Å². The van der Waals surface area contributed by atoms with Gasteiger partial charge in [0.1, 0.15) is 6.61 Å². The standard InChI is InChI=1S/C24H28ClN3O4/c1-3-21(26)19(13-23(29)30)22(4-2)27-14-16-9-11-18(12-10-16)28-24(31)32-15-17-7-5-6-8-20(17)25/h5-12,26-27H,3-4,13-15H2,1-2H3,(H,28,31)(H,29,30)/b22-19-,26-21?. The van der Waals surface area contributed by atoms with Crippen molar-refractivity contribution in [3.63, 3.8) is 0 Å². The van der Waals surface area contributed by atoms with Gasteiger partial charge in [-0.3, -0.25) is 10.1 Å². The van der Waals surface area contributed by atoms with Crippen molar-refractivity contribution in [3.8, 4) is 0 Å². The minimum atomic E-state index is -0.956. The Kier molecular flexibility index (Phi) is 9.76. The van der Waals surface area contributed by atoms with E-state index < -0.39 is 12.1 Å². The fourth-order valence-corrected chi connectivity index (χ4v) is 3.22. The Bertz CT molecular complexity index is 987. The molecule has 170 valence electrons. The molecule has 0 bridgehead atoms. The quantitative estimate of drug-likeness (QED) is 0.321. The molecule has 0 spiro atoms. The first-order chi connectivity index (χ1) is 15.3. The summed E-state index contributed by atoms with van der Waals surface area (Å²) in [7, 11) is 0. The fourth-order valence-electron chi connectivity index (χ4n) is 3.03. The number of nitrogens with one attached hydrogen (secondary N) is 3. The molecule has 7 nitrogen and oxygen atoms in total. The number of carboxylic acid groups (broad SMARTS) is 1. The van der Waals surface area contributed by atoms with E-state index in [2.05, 4.69) is 10.6 Å². The Morgan fingerprint density at radius 2 is 1.75 bits per heavy atom. The van der Waals surface area contributed by atoms with E-state index in [4.69, 9.17) is 26.9 Å². The molecular weight excluding hydrogens is 430 g/mol. The lowest BCUT2D eigenvalue weighted by molar-refractivity contribution is -0.136. The van der Waals surface area contributed by atoms with Gasteiger partial charge in [-0.25, -0.2) is 4.79 Å².